The summed E-state index contributed by atoms with van der Waals surface area (Å²) in [6, 6.07) is 17.0. The van der Waals surface area contributed by atoms with Gasteiger partial charge in [0.05, 0.1) is 17.8 Å². The number of carbonyl (C=O) groups is 1. The minimum Gasteiger partial charge on any atom is -0.356 e. The van der Waals surface area contributed by atoms with E-state index in [1.54, 1.807) is 16.8 Å². The molecular formula is C21H21Cl2N3O. The van der Waals surface area contributed by atoms with E-state index in [1.165, 1.54) is 0 Å². The van der Waals surface area contributed by atoms with Crippen LogP contribution in [0.4, 0.5) is 0 Å². The van der Waals surface area contributed by atoms with Crippen molar-refractivity contribution in [3.05, 3.63) is 70.3 Å². The number of hydrogen-bond acceptors (Lipinski definition) is 2. The molecule has 27 heavy (non-hydrogen) atoms. The van der Waals surface area contributed by atoms with Gasteiger partial charge in [-0.2, -0.15) is 5.10 Å². The predicted molar refractivity (Wildman–Crippen MR) is 111 cm³/mol. The van der Waals surface area contributed by atoms with Crippen LogP contribution in [-0.4, -0.2) is 22.2 Å². The molecule has 0 aliphatic rings. The average molecular weight is 402 g/mol. The van der Waals surface area contributed by atoms with Crippen molar-refractivity contribution in [2.75, 3.05) is 6.54 Å². The summed E-state index contributed by atoms with van der Waals surface area (Å²) in [5, 5.41) is 8.72. The maximum atomic E-state index is 12.4. The zero-order chi connectivity index (χ0) is 19.2. The molecule has 3 aromatic rings. The summed E-state index contributed by atoms with van der Waals surface area (Å²) in [4.78, 5) is 12.4. The minimum absolute atomic E-state index is 0.0619. The van der Waals surface area contributed by atoms with Crippen molar-refractivity contribution >= 4 is 29.1 Å². The van der Waals surface area contributed by atoms with Crippen LogP contribution in [0.25, 0.3) is 16.9 Å². The Balaban J connectivity index is 1.99. The molecule has 4 nitrogen and oxygen atoms in total. The zero-order valence-corrected chi connectivity index (χ0v) is 16.6. The molecule has 1 heterocycles. The second kappa shape index (κ2) is 9.07. The number of carbonyl (C=O) groups excluding carboxylic acids is 1. The number of aromatic nitrogens is 2. The van der Waals surface area contributed by atoms with Crippen LogP contribution in [-0.2, 0) is 11.2 Å². The monoisotopic (exact) mass is 401 g/mol. The maximum Gasteiger partial charge on any atom is 0.224 e. The molecule has 0 aliphatic carbocycles. The molecule has 0 radical (unpaired) electrons. The lowest BCUT2D eigenvalue weighted by atomic mass is 10.1. The van der Waals surface area contributed by atoms with E-state index in [0.29, 0.717) is 28.0 Å². The number of nitrogens with zero attached hydrogens (tertiary/aromatic N) is 2. The number of nitrogens with one attached hydrogen (secondary N) is 1. The van der Waals surface area contributed by atoms with Crippen molar-refractivity contribution in [2.24, 2.45) is 0 Å². The third kappa shape index (κ3) is 4.71. The molecule has 0 spiro atoms. The molecular weight excluding hydrogens is 381 g/mol. The second-order valence-electron chi connectivity index (χ2n) is 6.25. The molecule has 0 aliphatic heterocycles. The SMILES string of the molecule is CCCCNC(=O)Cc1c(-c2ccc(Cl)cc2)nn(-c2ccccc2)c1Cl. The van der Waals surface area contributed by atoms with Gasteiger partial charge in [-0.3, -0.25) is 4.79 Å². The Morgan fingerprint density at radius 2 is 1.78 bits per heavy atom. The molecule has 0 saturated heterocycles. The van der Waals surface area contributed by atoms with Crippen molar-refractivity contribution in [1.82, 2.24) is 15.1 Å². The molecule has 0 saturated carbocycles. The molecule has 0 fully saturated rings. The summed E-state index contributed by atoms with van der Waals surface area (Å²) in [5.41, 5.74) is 3.10. The molecule has 1 amide bonds. The number of halogens is 2. The molecule has 3 rings (SSSR count). The first kappa shape index (κ1) is 19.5. The highest BCUT2D eigenvalue weighted by molar-refractivity contribution is 6.31. The Kier molecular flexibility index (Phi) is 6.54. The number of para-hydroxylation sites is 1. The van der Waals surface area contributed by atoms with E-state index >= 15 is 0 Å². The summed E-state index contributed by atoms with van der Waals surface area (Å²) in [5.74, 6) is -0.0619. The lowest BCUT2D eigenvalue weighted by Crippen LogP contribution is -2.26. The average Bonchev–Trinajstić information content (AvgIpc) is 3.00. The van der Waals surface area contributed by atoms with Crippen LogP contribution in [0.5, 0.6) is 0 Å². The number of amides is 1. The van der Waals surface area contributed by atoms with Gasteiger partial charge in [-0.1, -0.05) is 66.9 Å². The first-order chi connectivity index (χ1) is 13.1. The van der Waals surface area contributed by atoms with Crippen LogP contribution in [0.2, 0.25) is 10.2 Å². The first-order valence-electron chi connectivity index (χ1n) is 8.95. The third-order valence-electron chi connectivity index (χ3n) is 4.23. The number of unbranched alkanes of at least 4 members (excludes halogenated alkanes) is 1. The molecule has 0 atom stereocenters. The Bertz CT molecular complexity index is 905. The van der Waals surface area contributed by atoms with E-state index in [2.05, 4.69) is 12.2 Å². The molecule has 0 unspecified atom stereocenters. The van der Waals surface area contributed by atoms with Crippen LogP contribution < -0.4 is 5.32 Å². The fourth-order valence-electron chi connectivity index (χ4n) is 2.79. The van der Waals surface area contributed by atoms with Crippen LogP contribution in [0.15, 0.2) is 54.6 Å². The second-order valence-corrected chi connectivity index (χ2v) is 7.05. The molecule has 2 aromatic carbocycles. The topological polar surface area (TPSA) is 46.9 Å². The van der Waals surface area contributed by atoms with Crippen molar-refractivity contribution in [3.8, 4) is 16.9 Å². The van der Waals surface area contributed by atoms with Crippen LogP contribution in [0.3, 0.4) is 0 Å². The smallest absolute Gasteiger partial charge is 0.224 e. The number of rotatable bonds is 7. The largest absolute Gasteiger partial charge is 0.356 e. The summed E-state index contributed by atoms with van der Waals surface area (Å²) in [6.45, 7) is 2.75. The van der Waals surface area contributed by atoms with E-state index in [1.807, 2.05) is 42.5 Å². The number of benzene rings is 2. The van der Waals surface area contributed by atoms with Gasteiger partial charge < -0.3 is 5.32 Å². The fraction of sp³-hybridized carbons (Fsp3) is 0.238. The van der Waals surface area contributed by atoms with Gasteiger partial charge in [0.25, 0.3) is 0 Å². The van der Waals surface area contributed by atoms with E-state index in [9.17, 15) is 4.79 Å². The third-order valence-corrected chi connectivity index (χ3v) is 4.87. The van der Waals surface area contributed by atoms with Crippen molar-refractivity contribution in [2.45, 2.75) is 26.2 Å². The molecule has 0 bridgehead atoms. The molecule has 1 N–H and O–H groups in total. The number of hydrogen-bond donors (Lipinski definition) is 1. The lowest BCUT2D eigenvalue weighted by Gasteiger charge is -2.06. The predicted octanol–water partition coefficient (Wildman–Crippen LogP) is 5.30. The Morgan fingerprint density at radius 1 is 1.07 bits per heavy atom. The van der Waals surface area contributed by atoms with Gasteiger partial charge in [-0.25, -0.2) is 4.68 Å². The quantitative estimate of drug-likeness (QED) is 0.545. The van der Waals surface area contributed by atoms with Gasteiger partial charge in [-0.05, 0) is 30.7 Å². The van der Waals surface area contributed by atoms with E-state index in [0.717, 1.165) is 24.1 Å². The first-order valence-corrected chi connectivity index (χ1v) is 9.71. The standard InChI is InChI=1S/C21H21Cl2N3O/c1-2-3-13-24-19(27)14-18-20(15-9-11-16(22)12-10-15)25-26(21(18)23)17-7-5-4-6-8-17/h4-12H,2-3,13-14H2,1H3,(H,24,27). The van der Waals surface area contributed by atoms with E-state index in [-0.39, 0.29) is 12.3 Å². The van der Waals surface area contributed by atoms with Gasteiger partial charge in [0, 0.05) is 22.7 Å². The van der Waals surface area contributed by atoms with Gasteiger partial charge in [0.2, 0.25) is 5.91 Å². The zero-order valence-electron chi connectivity index (χ0n) is 15.1. The van der Waals surface area contributed by atoms with Crippen molar-refractivity contribution in [3.63, 3.8) is 0 Å². The van der Waals surface area contributed by atoms with Crippen LogP contribution in [0.1, 0.15) is 25.3 Å². The maximum absolute atomic E-state index is 12.4. The Labute approximate surface area is 169 Å². The summed E-state index contributed by atoms with van der Waals surface area (Å²) in [7, 11) is 0. The highest BCUT2D eigenvalue weighted by atomic mass is 35.5. The van der Waals surface area contributed by atoms with Crippen LogP contribution >= 0.6 is 23.2 Å². The lowest BCUT2D eigenvalue weighted by molar-refractivity contribution is -0.120. The molecule has 1 aromatic heterocycles. The fourth-order valence-corrected chi connectivity index (χ4v) is 3.21. The molecule has 6 heteroatoms. The van der Waals surface area contributed by atoms with Gasteiger partial charge >= 0.3 is 0 Å². The van der Waals surface area contributed by atoms with Crippen molar-refractivity contribution in [1.29, 1.82) is 0 Å². The summed E-state index contributed by atoms with van der Waals surface area (Å²) >= 11 is 12.7. The van der Waals surface area contributed by atoms with Gasteiger partial charge in [0.15, 0.2) is 0 Å². The van der Waals surface area contributed by atoms with E-state index in [4.69, 9.17) is 28.3 Å². The minimum atomic E-state index is -0.0619. The van der Waals surface area contributed by atoms with Crippen molar-refractivity contribution < 1.29 is 4.79 Å². The Hall–Kier alpha value is -2.30. The Morgan fingerprint density at radius 3 is 2.44 bits per heavy atom. The highest BCUT2D eigenvalue weighted by Crippen LogP contribution is 2.32. The van der Waals surface area contributed by atoms with Crippen LogP contribution in [0, 0.1) is 0 Å². The van der Waals surface area contributed by atoms with Gasteiger partial charge in [0.1, 0.15) is 5.15 Å². The summed E-state index contributed by atoms with van der Waals surface area (Å²) < 4.78 is 1.67. The van der Waals surface area contributed by atoms with Gasteiger partial charge in [-0.15, -0.1) is 0 Å². The van der Waals surface area contributed by atoms with E-state index < -0.39 is 0 Å². The molecule has 140 valence electrons. The highest BCUT2D eigenvalue weighted by Gasteiger charge is 2.21. The normalized spacial score (nSPS) is 10.8. The summed E-state index contributed by atoms with van der Waals surface area (Å²) in [6.07, 6.45) is 2.16.